The minimum Gasteiger partial charge on any atom is -0.492 e. The fraction of sp³-hybridized carbons (Fsp3) is 0.562. The van der Waals surface area contributed by atoms with Gasteiger partial charge in [-0.2, -0.15) is 0 Å². The van der Waals surface area contributed by atoms with Crippen LogP contribution in [-0.2, 0) is 0 Å². The van der Waals surface area contributed by atoms with E-state index in [1.807, 2.05) is 12.1 Å². The molecule has 0 aliphatic carbocycles. The van der Waals surface area contributed by atoms with Crippen molar-refractivity contribution in [3.63, 3.8) is 0 Å². The van der Waals surface area contributed by atoms with Crippen LogP contribution in [0.4, 0.5) is 0 Å². The lowest BCUT2D eigenvalue weighted by Crippen LogP contribution is -2.18. The van der Waals surface area contributed by atoms with Crippen molar-refractivity contribution in [1.82, 2.24) is 0 Å². The number of benzene rings is 1. The van der Waals surface area contributed by atoms with Gasteiger partial charge in [0.05, 0.1) is 6.61 Å². The van der Waals surface area contributed by atoms with Gasteiger partial charge >= 0.3 is 5.97 Å². The molecule has 106 valence electrons. The Kier molecular flexibility index (Phi) is 4.98. The Morgan fingerprint density at radius 2 is 2.00 bits per heavy atom. The SMILES string of the molecule is CCC(C)c1ccc(C(=O)O)c(OCC(C)(C)C)c1. The third-order valence-corrected chi connectivity index (χ3v) is 3.08. The molecule has 3 nitrogen and oxygen atoms in total. The van der Waals surface area contributed by atoms with Crippen molar-refractivity contribution in [3.8, 4) is 5.75 Å². The number of carbonyl (C=O) groups is 1. The first-order valence-electron chi connectivity index (χ1n) is 6.74. The van der Waals surface area contributed by atoms with Crippen LogP contribution in [0.5, 0.6) is 5.75 Å². The summed E-state index contributed by atoms with van der Waals surface area (Å²) in [5, 5.41) is 9.20. The number of hydrogen-bond donors (Lipinski definition) is 1. The largest absolute Gasteiger partial charge is 0.492 e. The molecule has 0 fully saturated rings. The van der Waals surface area contributed by atoms with Gasteiger partial charge < -0.3 is 9.84 Å². The van der Waals surface area contributed by atoms with Crippen molar-refractivity contribution in [3.05, 3.63) is 29.3 Å². The highest BCUT2D eigenvalue weighted by Crippen LogP contribution is 2.28. The van der Waals surface area contributed by atoms with Crippen molar-refractivity contribution >= 4 is 5.97 Å². The molecule has 19 heavy (non-hydrogen) atoms. The number of carboxylic acids is 1. The van der Waals surface area contributed by atoms with Crippen LogP contribution in [0.15, 0.2) is 18.2 Å². The first-order valence-corrected chi connectivity index (χ1v) is 6.74. The van der Waals surface area contributed by atoms with Crippen LogP contribution in [0.3, 0.4) is 0 Å². The van der Waals surface area contributed by atoms with Crippen LogP contribution in [0.1, 0.15) is 62.9 Å². The van der Waals surface area contributed by atoms with Gasteiger partial charge in [0, 0.05) is 0 Å². The first-order chi connectivity index (χ1) is 8.74. The number of hydrogen-bond acceptors (Lipinski definition) is 2. The molecular formula is C16H24O3. The van der Waals surface area contributed by atoms with E-state index in [1.54, 1.807) is 6.07 Å². The molecule has 1 aromatic rings. The Balaban J connectivity index is 3.05. The Morgan fingerprint density at radius 3 is 2.47 bits per heavy atom. The van der Waals surface area contributed by atoms with Gasteiger partial charge in [-0.3, -0.25) is 0 Å². The second kappa shape index (κ2) is 6.09. The molecule has 1 unspecified atom stereocenters. The van der Waals surface area contributed by atoms with E-state index in [1.165, 1.54) is 0 Å². The highest BCUT2D eigenvalue weighted by molar-refractivity contribution is 5.91. The monoisotopic (exact) mass is 264 g/mol. The topological polar surface area (TPSA) is 46.5 Å². The molecule has 1 aromatic carbocycles. The van der Waals surface area contributed by atoms with Crippen LogP contribution < -0.4 is 4.74 Å². The van der Waals surface area contributed by atoms with Crippen molar-refractivity contribution in [1.29, 1.82) is 0 Å². The molecule has 1 N–H and O–H groups in total. The molecule has 0 saturated heterocycles. The van der Waals surface area contributed by atoms with Crippen LogP contribution >= 0.6 is 0 Å². The summed E-state index contributed by atoms with van der Waals surface area (Å²) in [5.41, 5.74) is 1.36. The minimum atomic E-state index is -0.945. The maximum absolute atomic E-state index is 11.2. The lowest BCUT2D eigenvalue weighted by Gasteiger charge is -2.21. The second-order valence-corrected chi connectivity index (χ2v) is 6.22. The number of carboxylic acid groups (broad SMARTS) is 1. The van der Waals surface area contributed by atoms with E-state index in [0.717, 1.165) is 12.0 Å². The fourth-order valence-corrected chi connectivity index (χ4v) is 1.67. The zero-order chi connectivity index (χ0) is 14.6. The molecule has 0 spiro atoms. The molecular weight excluding hydrogens is 240 g/mol. The molecule has 0 aromatic heterocycles. The van der Waals surface area contributed by atoms with Crippen LogP contribution in [-0.4, -0.2) is 17.7 Å². The van der Waals surface area contributed by atoms with E-state index in [0.29, 0.717) is 18.3 Å². The summed E-state index contributed by atoms with van der Waals surface area (Å²) in [7, 11) is 0. The minimum absolute atomic E-state index is 0.00213. The normalized spacial score (nSPS) is 13.1. The summed E-state index contributed by atoms with van der Waals surface area (Å²) in [6.45, 7) is 10.9. The molecule has 0 radical (unpaired) electrons. The Morgan fingerprint density at radius 1 is 1.37 bits per heavy atom. The number of ether oxygens (including phenoxy) is 1. The van der Waals surface area contributed by atoms with Gasteiger partial charge in [0.25, 0.3) is 0 Å². The van der Waals surface area contributed by atoms with Crippen molar-refractivity contribution in [2.45, 2.75) is 47.0 Å². The summed E-state index contributed by atoms with van der Waals surface area (Å²) in [6.07, 6.45) is 1.02. The summed E-state index contributed by atoms with van der Waals surface area (Å²) >= 11 is 0. The van der Waals surface area contributed by atoms with Crippen molar-refractivity contribution in [2.24, 2.45) is 5.41 Å². The maximum atomic E-state index is 11.2. The van der Waals surface area contributed by atoms with E-state index in [2.05, 4.69) is 34.6 Å². The average Bonchev–Trinajstić information content (AvgIpc) is 2.34. The second-order valence-electron chi connectivity index (χ2n) is 6.22. The van der Waals surface area contributed by atoms with Gasteiger partial charge in [-0.05, 0) is 35.4 Å². The van der Waals surface area contributed by atoms with Crippen molar-refractivity contribution in [2.75, 3.05) is 6.61 Å². The van der Waals surface area contributed by atoms with E-state index < -0.39 is 5.97 Å². The van der Waals surface area contributed by atoms with E-state index in [9.17, 15) is 9.90 Å². The van der Waals surface area contributed by atoms with Crippen LogP contribution in [0.25, 0.3) is 0 Å². The first kappa shape index (κ1) is 15.5. The molecule has 0 aliphatic heterocycles. The van der Waals surface area contributed by atoms with Gasteiger partial charge in [0.1, 0.15) is 11.3 Å². The zero-order valence-electron chi connectivity index (χ0n) is 12.5. The van der Waals surface area contributed by atoms with E-state index in [-0.39, 0.29) is 11.0 Å². The molecule has 0 bridgehead atoms. The Hall–Kier alpha value is -1.51. The highest BCUT2D eigenvalue weighted by Gasteiger charge is 2.17. The molecule has 1 atom stereocenters. The zero-order valence-corrected chi connectivity index (χ0v) is 12.5. The quantitative estimate of drug-likeness (QED) is 0.861. The lowest BCUT2D eigenvalue weighted by molar-refractivity contribution is 0.0689. The Bertz CT molecular complexity index is 444. The van der Waals surface area contributed by atoms with Crippen LogP contribution in [0.2, 0.25) is 0 Å². The van der Waals surface area contributed by atoms with E-state index in [4.69, 9.17) is 4.74 Å². The Labute approximate surface area is 115 Å². The molecule has 3 heteroatoms. The molecule has 0 amide bonds. The molecule has 1 rings (SSSR count). The third kappa shape index (κ3) is 4.58. The van der Waals surface area contributed by atoms with Gasteiger partial charge in [-0.25, -0.2) is 4.79 Å². The molecule has 0 aliphatic rings. The van der Waals surface area contributed by atoms with Gasteiger partial charge in [0.15, 0.2) is 0 Å². The summed E-state index contributed by atoms with van der Waals surface area (Å²) in [6, 6.07) is 5.38. The average molecular weight is 264 g/mol. The maximum Gasteiger partial charge on any atom is 0.339 e. The number of aromatic carboxylic acids is 1. The van der Waals surface area contributed by atoms with Crippen LogP contribution in [0, 0.1) is 5.41 Å². The summed E-state index contributed by atoms with van der Waals surface area (Å²) in [5.74, 6) is -0.0698. The van der Waals surface area contributed by atoms with Gasteiger partial charge in [-0.1, -0.05) is 40.7 Å². The molecule has 0 saturated carbocycles. The smallest absolute Gasteiger partial charge is 0.339 e. The lowest BCUT2D eigenvalue weighted by atomic mass is 9.96. The molecule has 0 heterocycles. The predicted molar refractivity (Wildman–Crippen MR) is 77.1 cm³/mol. The standard InChI is InChI=1S/C16H24O3/c1-6-11(2)12-7-8-13(15(17)18)14(9-12)19-10-16(3,4)5/h7-9,11H,6,10H2,1-5H3,(H,17,18). The summed E-state index contributed by atoms with van der Waals surface area (Å²) < 4.78 is 5.72. The summed E-state index contributed by atoms with van der Waals surface area (Å²) in [4.78, 5) is 11.2. The third-order valence-electron chi connectivity index (χ3n) is 3.08. The highest BCUT2D eigenvalue weighted by atomic mass is 16.5. The fourth-order valence-electron chi connectivity index (χ4n) is 1.67. The number of rotatable bonds is 5. The van der Waals surface area contributed by atoms with E-state index >= 15 is 0 Å². The predicted octanol–water partition coefficient (Wildman–Crippen LogP) is 4.32. The van der Waals surface area contributed by atoms with Crippen molar-refractivity contribution < 1.29 is 14.6 Å². The van der Waals surface area contributed by atoms with Gasteiger partial charge in [0.2, 0.25) is 0 Å². The van der Waals surface area contributed by atoms with Gasteiger partial charge in [-0.15, -0.1) is 0 Å².